The van der Waals surface area contributed by atoms with Crippen LogP contribution in [0.25, 0.3) is 0 Å². The maximum absolute atomic E-state index is 11.8. The number of nitrogens with one attached hydrogen (secondary N) is 1. The van der Waals surface area contributed by atoms with Crippen LogP contribution in [0.3, 0.4) is 0 Å². The smallest absolute Gasteiger partial charge is 0.240 e. The van der Waals surface area contributed by atoms with E-state index in [0.29, 0.717) is 13.1 Å². The van der Waals surface area contributed by atoms with Crippen LogP contribution in [0, 0.1) is 0 Å². The van der Waals surface area contributed by atoms with E-state index in [2.05, 4.69) is 9.71 Å². The molecule has 1 heterocycles. The summed E-state index contributed by atoms with van der Waals surface area (Å²) >= 11 is 0. The fourth-order valence-electron chi connectivity index (χ4n) is 1.08. The number of pyridine rings is 1. The van der Waals surface area contributed by atoms with E-state index in [1.807, 2.05) is 19.0 Å². The first-order chi connectivity index (χ1) is 7.42. The third-order valence-corrected chi connectivity index (χ3v) is 3.37. The molecule has 0 saturated carbocycles. The van der Waals surface area contributed by atoms with E-state index in [9.17, 15) is 8.42 Å². The standard InChI is InChI=1S/C9H16N4O2S/c1-13(2)6-5-12-16(14,15)8-3-4-11-9(10)7-8/h3-4,7,12H,5-6H2,1-2H3,(H2,10,11). The zero-order valence-electron chi connectivity index (χ0n) is 9.34. The maximum Gasteiger partial charge on any atom is 0.240 e. The Morgan fingerprint density at radius 1 is 1.50 bits per heavy atom. The highest BCUT2D eigenvalue weighted by Gasteiger charge is 2.13. The zero-order valence-corrected chi connectivity index (χ0v) is 10.2. The summed E-state index contributed by atoms with van der Waals surface area (Å²) < 4.78 is 26.0. The lowest BCUT2D eigenvalue weighted by molar-refractivity contribution is 0.412. The lowest BCUT2D eigenvalue weighted by atomic mass is 10.5. The number of sulfonamides is 1. The number of hydrogen-bond acceptors (Lipinski definition) is 5. The van der Waals surface area contributed by atoms with E-state index in [4.69, 9.17) is 5.73 Å². The number of likely N-dealkylation sites (N-methyl/N-ethyl adjacent to an activating group) is 1. The van der Waals surface area contributed by atoms with E-state index < -0.39 is 10.0 Å². The van der Waals surface area contributed by atoms with Crippen LogP contribution in [0.4, 0.5) is 5.82 Å². The molecule has 6 nitrogen and oxygen atoms in total. The third kappa shape index (κ3) is 3.76. The summed E-state index contributed by atoms with van der Waals surface area (Å²) in [5, 5.41) is 0. The summed E-state index contributed by atoms with van der Waals surface area (Å²) in [6, 6.07) is 2.74. The molecule has 0 spiro atoms. The van der Waals surface area contributed by atoms with Crippen LogP contribution in [0.5, 0.6) is 0 Å². The van der Waals surface area contributed by atoms with Crippen molar-refractivity contribution >= 4 is 15.8 Å². The molecular weight excluding hydrogens is 228 g/mol. The third-order valence-electron chi connectivity index (χ3n) is 1.91. The average Bonchev–Trinajstić information content (AvgIpc) is 2.16. The first kappa shape index (κ1) is 12.9. The van der Waals surface area contributed by atoms with Crippen molar-refractivity contribution in [3.63, 3.8) is 0 Å². The fourth-order valence-corrected chi connectivity index (χ4v) is 2.12. The second-order valence-corrected chi connectivity index (χ2v) is 5.38. The Kier molecular flexibility index (Phi) is 4.22. The summed E-state index contributed by atoms with van der Waals surface area (Å²) in [6.45, 7) is 0.997. The Balaban J connectivity index is 2.71. The molecule has 1 aromatic rings. The Bertz CT molecular complexity index is 445. The number of nitrogens with two attached hydrogens (primary N) is 1. The lowest BCUT2D eigenvalue weighted by Crippen LogP contribution is -2.31. The molecule has 1 aromatic heterocycles. The molecule has 0 amide bonds. The van der Waals surface area contributed by atoms with Gasteiger partial charge < -0.3 is 10.6 Å². The molecule has 0 aliphatic carbocycles. The summed E-state index contributed by atoms with van der Waals surface area (Å²) in [5.74, 6) is 0.190. The quantitative estimate of drug-likeness (QED) is 0.729. The molecule has 0 aliphatic rings. The van der Waals surface area contributed by atoms with Gasteiger partial charge in [0, 0.05) is 25.4 Å². The molecular formula is C9H16N4O2S. The summed E-state index contributed by atoms with van der Waals surface area (Å²) in [5.41, 5.74) is 5.42. The molecule has 0 bridgehead atoms. The van der Waals surface area contributed by atoms with Gasteiger partial charge in [0.1, 0.15) is 5.82 Å². The van der Waals surface area contributed by atoms with Crippen LogP contribution < -0.4 is 10.5 Å². The Labute approximate surface area is 95.5 Å². The van der Waals surface area contributed by atoms with Crippen molar-refractivity contribution in [3.8, 4) is 0 Å². The van der Waals surface area contributed by atoms with Crippen LogP contribution in [0.1, 0.15) is 0 Å². The maximum atomic E-state index is 11.8. The van der Waals surface area contributed by atoms with Gasteiger partial charge in [0.25, 0.3) is 0 Å². The number of rotatable bonds is 5. The monoisotopic (exact) mass is 244 g/mol. The number of nitrogen functional groups attached to an aromatic ring is 1. The van der Waals surface area contributed by atoms with E-state index in [1.54, 1.807) is 0 Å². The fraction of sp³-hybridized carbons (Fsp3) is 0.444. The van der Waals surface area contributed by atoms with Crippen molar-refractivity contribution < 1.29 is 8.42 Å². The Hall–Kier alpha value is -1.18. The minimum absolute atomic E-state index is 0.138. The van der Waals surface area contributed by atoms with Gasteiger partial charge in [-0.2, -0.15) is 0 Å². The molecule has 0 saturated heterocycles. The summed E-state index contributed by atoms with van der Waals surface area (Å²) in [7, 11) is 0.272. The van der Waals surface area contributed by atoms with Crippen molar-refractivity contribution in [1.82, 2.24) is 14.6 Å². The van der Waals surface area contributed by atoms with Crippen molar-refractivity contribution in [2.75, 3.05) is 32.9 Å². The van der Waals surface area contributed by atoms with Crippen LogP contribution in [-0.2, 0) is 10.0 Å². The minimum atomic E-state index is -3.48. The van der Waals surface area contributed by atoms with E-state index in [0.717, 1.165) is 0 Å². The SMILES string of the molecule is CN(C)CCNS(=O)(=O)c1ccnc(N)c1. The average molecular weight is 244 g/mol. The van der Waals surface area contributed by atoms with Crippen molar-refractivity contribution in [1.29, 1.82) is 0 Å². The predicted octanol–water partition coefficient (Wildman–Crippen LogP) is -0.496. The van der Waals surface area contributed by atoms with Crippen molar-refractivity contribution in [2.24, 2.45) is 0 Å². The summed E-state index contributed by atoms with van der Waals surface area (Å²) in [4.78, 5) is 5.77. The molecule has 1 rings (SSSR count). The largest absolute Gasteiger partial charge is 0.384 e. The Morgan fingerprint density at radius 3 is 2.75 bits per heavy atom. The van der Waals surface area contributed by atoms with Gasteiger partial charge in [0.15, 0.2) is 0 Å². The van der Waals surface area contributed by atoms with Gasteiger partial charge in [-0.15, -0.1) is 0 Å². The molecule has 16 heavy (non-hydrogen) atoms. The van der Waals surface area contributed by atoms with Gasteiger partial charge in [-0.1, -0.05) is 0 Å². The van der Waals surface area contributed by atoms with Gasteiger partial charge in [0.05, 0.1) is 4.90 Å². The molecule has 0 fully saturated rings. The van der Waals surface area contributed by atoms with Gasteiger partial charge >= 0.3 is 0 Å². The van der Waals surface area contributed by atoms with Gasteiger partial charge in [-0.05, 0) is 20.2 Å². The van der Waals surface area contributed by atoms with E-state index >= 15 is 0 Å². The van der Waals surface area contributed by atoms with Crippen molar-refractivity contribution in [2.45, 2.75) is 4.90 Å². The number of hydrogen-bond donors (Lipinski definition) is 2. The highest BCUT2D eigenvalue weighted by atomic mass is 32.2. The normalized spacial score (nSPS) is 11.9. The van der Waals surface area contributed by atoms with Crippen molar-refractivity contribution in [3.05, 3.63) is 18.3 Å². The highest BCUT2D eigenvalue weighted by Crippen LogP contribution is 2.09. The Morgan fingerprint density at radius 2 is 2.19 bits per heavy atom. The molecule has 0 unspecified atom stereocenters. The molecule has 0 atom stereocenters. The second-order valence-electron chi connectivity index (χ2n) is 3.62. The molecule has 0 aromatic carbocycles. The van der Waals surface area contributed by atoms with Crippen LogP contribution in [0.2, 0.25) is 0 Å². The zero-order chi connectivity index (χ0) is 12.2. The molecule has 0 radical (unpaired) electrons. The minimum Gasteiger partial charge on any atom is -0.384 e. The first-order valence-electron chi connectivity index (χ1n) is 4.78. The van der Waals surface area contributed by atoms with Crippen LogP contribution >= 0.6 is 0 Å². The second kappa shape index (κ2) is 5.24. The lowest BCUT2D eigenvalue weighted by Gasteiger charge is -2.10. The molecule has 0 aliphatic heterocycles. The highest BCUT2D eigenvalue weighted by molar-refractivity contribution is 7.89. The molecule has 7 heteroatoms. The van der Waals surface area contributed by atoms with Crippen LogP contribution in [0.15, 0.2) is 23.2 Å². The summed E-state index contributed by atoms with van der Waals surface area (Å²) in [6.07, 6.45) is 1.37. The van der Waals surface area contributed by atoms with Crippen LogP contribution in [-0.4, -0.2) is 45.5 Å². The number of aromatic nitrogens is 1. The molecule has 3 N–H and O–H groups in total. The molecule has 90 valence electrons. The van der Waals surface area contributed by atoms with Gasteiger partial charge in [-0.25, -0.2) is 18.1 Å². The topological polar surface area (TPSA) is 88.3 Å². The predicted molar refractivity (Wildman–Crippen MR) is 62.4 cm³/mol. The van der Waals surface area contributed by atoms with Gasteiger partial charge in [0.2, 0.25) is 10.0 Å². The van der Waals surface area contributed by atoms with E-state index in [1.165, 1.54) is 18.3 Å². The number of nitrogens with zero attached hydrogens (tertiary/aromatic N) is 2. The van der Waals surface area contributed by atoms with E-state index in [-0.39, 0.29) is 10.7 Å². The first-order valence-corrected chi connectivity index (χ1v) is 6.26. The van der Waals surface area contributed by atoms with Gasteiger partial charge in [-0.3, -0.25) is 0 Å². The number of anilines is 1.